The van der Waals surface area contributed by atoms with Crippen LogP contribution in [0.1, 0.15) is 16.7 Å². The van der Waals surface area contributed by atoms with Crippen LogP contribution in [0.4, 0.5) is 0 Å². The monoisotopic (exact) mass is 386 g/mol. The van der Waals surface area contributed by atoms with E-state index in [1.54, 1.807) is 0 Å². The van der Waals surface area contributed by atoms with Crippen molar-refractivity contribution in [3.8, 4) is 11.1 Å². The minimum absolute atomic E-state index is 0.573. The maximum absolute atomic E-state index is 4.91. The fourth-order valence-corrected chi connectivity index (χ4v) is 4.22. The summed E-state index contributed by atoms with van der Waals surface area (Å²) in [5.41, 5.74) is 5.20. The molecule has 0 radical (unpaired) electrons. The predicted molar refractivity (Wildman–Crippen MR) is 122 cm³/mol. The Balaban J connectivity index is 1.82. The zero-order valence-corrected chi connectivity index (χ0v) is 16.6. The van der Waals surface area contributed by atoms with Gasteiger partial charge < -0.3 is 0 Å². The third kappa shape index (κ3) is 3.03. The van der Waals surface area contributed by atoms with E-state index in [-0.39, 0.29) is 0 Å². The van der Waals surface area contributed by atoms with Crippen LogP contribution in [0.25, 0.3) is 11.1 Å². The third-order valence-electron chi connectivity index (χ3n) is 5.61. The second-order valence-electron chi connectivity index (χ2n) is 7.35. The van der Waals surface area contributed by atoms with Gasteiger partial charge in [0.1, 0.15) is 5.54 Å². The summed E-state index contributed by atoms with van der Waals surface area (Å²) >= 11 is 0. The molecule has 0 saturated heterocycles. The second-order valence-corrected chi connectivity index (χ2v) is 7.35. The topological polar surface area (TPSA) is 17.8 Å². The van der Waals surface area contributed by atoms with E-state index in [0.29, 0.717) is 0 Å². The lowest BCUT2D eigenvalue weighted by atomic mass is 9.77. The Morgan fingerprint density at radius 1 is 0.467 bits per heavy atom. The van der Waals surface area contributed by atoms with Crippen molar-refractivity contribution in [1.29, 1.82) is 0 Å². The van der Waals surface area contributed by atoms with Gasteiger partial charge in [-0.2, -0.15) is 5.10 Å². The molecule has 0 aliphatic carbocycles. The average molecular weight is 386 g/mol. The van der Waals surface area contributed by atoms with Crippen molar-refractivity contribution in [3.05, 3.63) is 150 Å². The quantitative estimate of drug-likeness (QED) is 0.320. The van der Waals surface area contributed by atoms with Gasteiger partial charge in [-0.05, 0) is 22.3 Å². The molecule has 5 rings (SSSR count). The highest BCUT2D eigenvalue weighted by Crippen LogP contribution is 2.40. The fraction of sp³-hybridized carbons (Fsp3) is 0.0357. The Morgan fingerprint density at radius 2 is 0.867 bits per heavy atom. The maximum atomic E-state index is 4.91. The van der Waals surface area contributed by atoms with Gasteiger partial charge in [-0.3, -0.25) is 4.68 Å². The number of hydrogen-bond donors (Lipinski definition) is 0. The molecule has 2 nitrogen and oxygen atoms in total. The zero-order chi connectivity index (χ0) is 20.2. The van der Waals surface area contributed by atoms with E-state index < -0.39 is 5.54 Å². The normalized spacial score (nSPS) is 11.3. The molecule has 1 heterocycles. The van der Waals surface area contributed by atoms with Crippen LogP contribution in [-0.4, -0.2) is 9.78 Å². The number of hydrogen-bond acceptors (Lipinski definition) is 1. The summed E-state index contributed by atoms with van der Waals surface area (Å²) < 4.78 is 2.11. The number of rotatable bonds is 5. The first-order valence-electron chi connectivity index (χ1n) is 10.2. The van der Waals surface area contributed by atoms with Gasteiger partial charge in [0, 0.05) is 11.8 Å². The van der Waals surface area contributed by atoms with E-state index in [1.807, 2.05) is 12.3 Å². The van der Waals surface area contributed by atoms with Gasteiger partial charge in [-0.1, -0.05) is 121 Å². The first kappa shape index (κ1) is 18.1. The molecule has 2 heteroatoms. The van der Waals surface area contributed by atoms with Gasteiger partial charge >= 0.3 is 0 Å². The summed E-state index contributed by atoms with van der Waals surface area (Å²) in [7, 11) is 0. The lowest BCUT2D eigenvalue weighted by molar-refractivity contribution is 0.460. The fourth-order valence-electron chi connectivity index (χ4n) is 4.22. The van der Waals surface area contributed by atoms with Crippen LogP contribution in [-0.2, 0) is 5.54 Å². The van der Waals surface area contributed by atoms with Gasteiger partial charge in [0.2, 0.25) is 0 Å². The van der Waals surface area contributed by atoms with E-state index in [2.05, 4.69) is 126 Å². The van der Waals surface area contributed by atoms with Crippen molar-refractivity contribution < 1.29 is 0 Å². The van der Waals surface area contributed by atoms with Gasteiger partial charge in [0.05, 0.1) is 6.20 Å². The lowest BCUT2D eigenvalue weighted by Crippen LogP contribution is -2.38. The summed E-state index contributed by atoms with van der Waals surface area (Å²) in [6.45, 7) is 0. The molecule has 4 aromatic carbocycles. The highest BCUT2D eigenvalue weighted by Gasteiger charge is 2.39. The van der Waals surface area contributed by atoms with Crippen molar-refractivity contribution in [1.82, 2.24) is 9.78 Å². The maximum Gasteiger partial charge on any atom is 0.138 e. The minimum Gasteiger partial charge on any atom is -0.252 e. The Labute approximate surface area is 177 Å². The molecule has 0 N–H and O–H groups in total. The van der Waals surface area contributed by atoms with E-state index >= 15 is 0 Å². The number of aromatic nitrogens is 2. The minimum atomic E-state index is -0.573. The Bertz CT molecular complexity index is 1110. The van der Waals surface area contributed by atoms with Crippen LogP contribution in [0.2, 0.25) is 0 Å². The molecule has 1 aromatic heterocycles. The van der Waals surface area contributed by atoms with Gasteiger partial charge in [0.15, 0.2) is 0 Å². The van der Waals surface area contributed by atoms with Gasteiger partial charge in [-0.25, -0.2) is 0 Å². The molecule has 0 unspecified atom stereocenters. The molecular weight excluding hydrogens is 364 g/mol. The average Bonchev–Trinajstić information content (AvgIpc) is 3.33. The number of benzene rings is 4. The summed E-state index contributed by atoms with van der Waals surface area (Å²) in [6.07, 6.45) is 4.11. The Morgan fingerprint density at radius 3 is 1.30 bits per heavy atom. The molecular formula is C28H22N2. The molecule has 30 heavy (non-hydrogen) atoms. The van der Waals surface area contributed by atoms with Crippen LogP contribution in [0, 0.1) is 0 Å². The smallest absolute Gasteiger partial charge is 0.138 e. The molecule has 0 saturated carbocycles. The van der Waals surface area contributed by atoms with Crippen LogP contribution < -0.4 is 0 Å². The van der Waals surface area contributed by atoms with Crippen molar-refractivity contribution in [3.63, 3.8) is 0 Å². The van der Waals surface area contributed by atoms with E-state index in [1.165, 1.54) is 16.7 Å². The number of nitrogens with zero attached hydrogens (tertiary/aromatic N) is 2. The van der Waals surface area contributed by atoms with Gasteiger partial charge in [0.25, 0.3) is 0 Å². The molecule has 0 atom stereocenters. The van der Waals surface area contributed by atoms with Crippen molar-refractivity contribution in [2.24, 2.45) is 0 Å². The molecule has 0 spiro atoms. The molecule has 0 aliphatic rings. The SMILES string of the molecule is c1ccc(-c2cnn(C(c3ccccc3)(c3ccccc3)c3ccccc3)c2)cc1. The Kier molecular flexibility index (Phi) is 4.74. The molecule has 5 aromatic rings. The highest BCUT2D eigenvalue weighted by atomic mass is 15.3. The van der Waals surface area contributed by atoms with E-state index in [0.717, 1.165) is 11.1 Å². The van der Waals surface area contributed by atoms with E-state index in [4.69, 9.17) is 5.10 Å². The molecule has 0 aliphatic heterocycles. The van der Waals surface area contributed by atoms with E-state index in [9.17, 15) is 0 Å². The standard InChI is InChI=1S/C28H22N2/c1-5-13-23(14-6-1)24-21-29-30(22-24)28(25-15-7-2-8-16-25,26-17-9-3-10-18-26)27-19-11-4-12-20-27/h1-22H. The highest BCUT2D eigenvalue weighted by molar-refractivity contribution is 5.62. The van der Waals surface area contributed by atoms with Crippen molar-refractivity contribution in [2.45, 2.75) is 5.54 Å². The third-order valence-corrected chi connectivity index (χ3v) is 5.61. The Hall–Kier alpha value is -3.91. The second kappa shape index (κ2) is 7.84. The first-order chi connectivity index (χ1) is 14.9. The predicted octanol–water partition coefficient (Wildman–Crippen LogP) is 6.39. The van der Waals surface area contributed by atoms with Crippen molar-refractivity contribution in [2.75, 3.05) is 0 Å². The van der Waals surface area contributed by atoms with Crippen LogP contribution in [0.3, 0.4) is 0 Å². The summed E-state index contributed by atoms with van der Waals surface area (Å²) in [5, 5.41) is 4.91. The zero-order valence-electron chi connectivity index (χ0n) is 16.6. The van der Waals surface area contributed by atoms with Crippen LogP contribution in [0.5, 0.6) is 0 Å². The van der Waals surface area contributed by atoms with Crippen LogP contribution >= 0.6 is 0 Å². The molecule has 0 amide bonds. The lowest BCUT2D eigenvalue weighted by Gasteiger charge is -2.36. The summed E-state index contributed by atoms with van der Waals surface area (Å²) in [4.78, 5) is 0. The molecule has 0 fully saturated rings. The van der Waals surface area contributed by atoms with Crippen LogP contribution in [0.15, 0.2) is 134 Å². The largest absolute Gasteiger partial charge is 0.252 e. The summed E-state index contributed by atoms with van der Waals surface area (Å²) in [5.74, 6) is 0. The molecule has 144 valence electrons. The summed E-state index contributed by atoms with van der Waals surface area (Å²) in [6, 6.07) is 42.3. The van der Waals surface area contributed by atoms with Crippen molar-refractivity contribution >= 4 is 0 Å². The molecule has 0 bridgehead atoms. The van der Waals surface area contributed by atoms with Gasteiger partial charge in [-0.15, -0.1) is 0 Å². The first-order valence-corrected chi connectivity index (χ1v) is 10.2.